The zero-order valence-corrected chi connectivity index (χ0v) is 16.6. The van der Waals surface area contributed by atoms with E-state index in [0.29, 0.717) is 11.8 Å². The fraction of sp³-hybridized carbons (Fsp3) is 0.667. The minimum atomic E-state index is 0.112. The quantitative estimate of drug-likeness (QED) is 0.740. The molecule has 5 heteroatoms. The van der Waals surface area contributed by atoms with Crippen LogP contribution >= 0.6 is 11.6 Å². The van der Waals surface area contributed by atoms with Gasteiger partial charge in [0.25, 0.3) is 5.91 Å². The van der Waals surface area contributed by atoms with Crippen molar-refractivity contribution < 1.29 is 9.53 Å². The van der Waals surface area contributed by atoms with Gasteiger partial charge in [-0.25, -0.2) is 0 Å². The molecule has 0 N–H and O–H groups in total. The number of carbonyl (C=O) groups is 1. The van der Waals surface area contributed by atoms with Crippen molar-refractivity contribution in [3.05, 3.63) is 28.8 Å². The molecule has 0 radical (unpaired) electrons. The van der Waals surface area contributed by atoms with Crippen LogP contribution in [-0.2, 0) is 4.79 Å². The van der Waals surface area contributed by atoms with E-state index in [2.05, 4.69) is 9.80 Å². The van der Waals surface area contributed by atoms with Crippen molar-refractivity contribution in [1.82, 2.24) is 9.80 Å². The first-order valence-electron chi connectivity index (χ1n) is 10.0. The number of hydrogen-bond donors (Lipinski definition) is 0. The van der Waals surface area contributed by atoms with E-state index in [0.717, 1.165) is 42.9 Å². The van der Waals surface area contributed by atoms with Gasteiger partial charge < -0.3 is 14.5 Å². The summed E-state index contributed by atoms with van der Waals surface area (Å²) in [5.74, 6) is 0.822. The largest absolute Gasteiger partial charge is 0.484 e. The lowest BCUT2D eigenvalue weighted by Crippen LogP contribution is -2.47. The number of amides is 1. The van der Waals surface area contributed by atoms with Gasteiger partial charge in [-0.1, -0.05) is 18.0 Å². The predicted molar refractivity (Wildman–Crippen MR) is 106 cm³/mol. The molecular formula is C21H31ClN2O2. The molecule has 2 aliphatic rings. The third-order valence-corrected chi connectivity index (χ3v) is 6.09. The van der Waals surface area contributed by atoms with Crippen molar-refractivity contribution in [3.8, 4) is 5.75 Å². The number of carbonyl (C=O) groups excluding carboxylic acids is 1. The summed E-state index contributed by atoms with van der Waals surface area (Å²) in [6.45, 7) is 6.48. The fourth-order valence-electron chi connectivity index (χ4n) is 4.08. The number of nitrogens with zero attached hydrogens (tertiary/aromatic N) is 2. The Hall–Kier alpha value is -1.26. The van der Waals surface area contributed by atoms with Crippen LogP contribution in [0.1, 0.15) is 50.5 Å². The second-order valence-electron chi connectivity index (χ2n) is 7.63. The van der Waals surface area contributed by atoms with E-state index in [1.165, 1.54) is 38.8 Å². The zero-order chi connectivity index (χ0) is 18.4. The number of aryl methyl sites for hydroxylation is 1. The van der Waals surface area contributed by atoms with Crippen LogP contribution in [0.2, 0.25) is 5.02 Å². The first-order valence-corrected chi connectivity index (χ1v) is 10.4. The normalized spacial score (nSPS) is 21.6. The Labute approximate surface area is 162 Å². The highest BCUT2D eigenvalue weighted by atomic mass is 35.5. The van der Waals surface area contributed by atoms with E-state index in [-0.39, 0.29) is 12.5 Å². The van der Waals surface area contributed by atoms with Crippen LogP contribution < -0.4 is 4.74 Å². The molecule has 0 spiro atoms. The Kier molecular flexibility index (Phi) is 7.21. The van der Waals surface area contributed by atoms with E-state index >= 15 is 0 Å². The molecule has 1 amide bonds. The number of benzene rings is 1. The van der Waals surface area contributed by atoms with Crippen LogP contribution in [0.3, 0.4) is 0 Å². The van der Waals surface area contributed by atoms with Gasteiger partial charge in [0.1, 0.15) is 5.75 Å². The van der Waals surface area contributed by atoms with E-state index < -0.39 is 0 Å². The molecule has 1 aromatic rings. The molecule has 3 rings (SSSR count). The Bertz CT molecular complexity index is 602. The van der Waals surface area contributed by atoms with Crippen molar-refractivity contribution in [2.45, 2.75) is 57.9 Å². The topological polar surface area (TPSA) is 32.8 Å². The van der Waals surface area contributed by atoms with Crippen molar-refractivity contribution in [2.24, 2.45) is 0 Å². The van der Waals surface area contributed by atoms with Crippen molar-refractivity contribution in [1.29, 1.82) is 0 Å². The first-order chi connectivity index (χ1) is 12.6. The van der Waals surface area contributed by atoms with Crippen LogP contribution in [0.5, 0.6) is 5.75 Å². The molecule has 1 atom stereocenters. The van der Waals surface area contributed by atoms with Gasteiger partial charge in [-0.2, -0.15) is 0 Å². The molecule has 0 unspecified atom stereocenters. The van der Waals surface area contributed by atoms with E-state index in [9.17, 15) is 4.79 Å². The summed E-state index contributed by atoms with van der Waals surface area (Å²) in [5.41, 5.74) is 0.967. The zero-order valence-electron chi connectivity index (χ0n) is 15.9. The molecule has 0 aliphatic carbocycles. The van der Waals surface area contributed by atoms with Gasteiger partial charge in [-0.05, 0) is 82.3 Å². The minimum Gasteiger partial charge on any atom is -0.484 e. The van der Waals surface area contributed by atoms with E-state index in [4.69, 9.17) is 16.3 Å². The summed E-state index contributed by atoms with van der Waals surface area (Å²) in [4.78, 5) is 17.4. The van der Waals surface area contributed by atoms with Gasteiger partial charge in [0, 0.05) is 24.2 Å². The van der Waals surface area contributed by atoms with Gasteiger partial charge in [-0.15, -0.1) is 0 Å². The molecular weight excluding hydrogens is 348 g/mol. The molecule has 4 nitrogen and oxygen atoms in total. The third-order valence-electron chi connectivity index (χ3n) is 5.67. The Morgan fingerprint density at radius 2 is 1.92 bits per heavy atom. The maximum Gasteiger partial charge on any atom is 0.260 e. The standard InChI is InChI=1S/C21H31ClN2O2/c1-17-15-19(8-9-20(17)22)26-16-21(25)24-13-6-3-7-18(24)10-14-23-11-4-2-5-12-23/h8-9,15,18H,2-7,10-14,16H2,1H3/t18-/m1/s1. The SMILES string of the molecule is Cc1cc(OCC(=O)N2CCCC[C@@H]2CCN2CCCCC2)ccc1Cl. The minimum absolute atomic E-state index is 0.112. The molecule has 2 fully saturated rings. The monoisotopic (exact) mass is 378 g/mol. The summed E-state index contributed by atoms with van der Waals surface area (Å²) in [7, 11) is 0. The molecule has 0 bridgehead atoms. The average Bonchev–Trinajstić information content (AvgIpc) is 2.68. The van der Waals surface area contributed by atoms with Crippen LogP contribution in [-0.4, -0.2) is 54.5 Å². The van der Waals surface area contributed by atoms with Gasteiger partial charge >= 0.3 is 0 Å². The Morgan fingerprint density at radius 1 is 1.15 bits per heavy atom. The van der Waals surface area contributed by atoms with Crippen LogP contribution in [0.25, 0.3) is 0 Å². The molecule has 0 saturated carbocycles. The lowest BCUT2D eigenvalue weighted by Gasteiger charge is -2.37. The van der Waals surface area contributed by atoms with Gasteiger partial charge in [0.05, 0.1) is 0 Å². The number of halogens is 1. The molecule has 0 aromatic heterocycles. The Balaban J connectivity index is 1.50. The second kappa shape index (κ2) is 9.61. The Morgan fingerprint density at radius 3 is 2.69 bits per heavy atom. The highest BCUT2D eigenvalue weighted by Gasteiger charge is 2.27. The number of ether oxygens (including phenoxy) is 1. The third kappa shape index (κ3) is 5.37. The average molecular weight is 379 g/mol. The van der Waals surface area contributed by atoms with Gasteiger partial charge in [0.2, 0.25) is 0 Å². The van der Waals surface area contributed by atoms with E-state index in [1.54, 1.807) is 0 Å². The maximum absolute atomic E-state index is 12.7. The number of piperidine rings is 2. The number of hydrogen-bond acceptors (Lipinski definition) is 3. The molecule has 26 heavy (non-hydrogen) atoms. The highest BCUT2D eigenvalue weighted by Crippen LogP contribution is 2.23. The molecule has 2 heterocycles. The number of rotatable bonds is 6. The highest BCUT2D eigenvalue weighted by molar-refractivity contribution is 6.31. The van der Waals surface area contributed by atoms with Crippen LogP contribution in [0.15, 0.2) is 18.2 Å². The smallest absolute Gasteiger partial charge is 0.260 e. The molecule has 2 aliphatic heterocycles. The number of likely N-dealkylation sites (tertiary alicyclic amines) is 2. The lowest BCUT2D eigenvalue weighted by atomic mass is 9.98. The second-order valence-corrected chi connectivity index (χ2v) is 8.03. The van der Waals surface area contributed by atoms with Crippen LogP contribution in [0.4, 0.5) is 0 Å². The summed E-state index contributed by atoms with van der Waals surface area (Å²) in [6, 6.07) is 5.90. The van der Waals surface area contributed by atoms with Crippen molar-refractivity contribution in [3.63, 3.8) is 0 Å². The maximum atomic E-state index is 12.7. The summed E-state index contributed by atoms with van der Waals surface area (Å²) < 4.78 is 5.74. The van der Waals surface area contributed by atoms with E-state index in [1.807, 2.05) is 25.1 Å². The fourth-order valence-corrected chi connectivity index (χ4v) is 4.20. The lowest BCUT2D eigenvalue weighted by molar-refractivity contribution is -0.137. The van der Waals surface area contributed by atoms with Crippen molar-refractivity contribution in [2.75, 3.05) is 32.8 Å². The van der Waals surface area contributed by atoms with Crippen molar-refractivity contribution >= 4 is 17.5 Å². The molecule has 144 valence electrons. The van der Waals surface area contributed by atoms with Gasteiger partial charge in [-0.3, -0.25) is 4.79 Å². The molecule has 1 aromatic carbocycles. The van der Waals surface area contributed by atoms with Crippen LogP contribution in [0, 0.1) is 6.92 Å². The molecule has 2 saturated heterocycles. The van der Waals surface area contributed by atoms with Gasteiger partial charge in [0.15, 0.2) is 6.61 Å². The summed E-state index contributed by atoms with van der Waals surface area (Å²) in [5, 5.41) is 0.720. The first kappa shape index (κ1) is 19.5. The predicted octanol–water partition coefficient (Wildman–Crippen LogP) is 4.28. The summed E-state index contributed by atoms with van der Waals surface area (Å²) in [6.07, 6.45) is 8.55. The summed E-state index contributed by atoms with van der Waals surface area (Å²) >= 11 is 6.05.